The van der Waals surface area contributed by atoms with Crippen molar-refractivity contribution in [3.63, 3.8) is 0 Å². The number of hydrogen-bond donors (Lipinski definition) is 0. The number of fused-ring (bicyclic) bond motifs is 3. The molecule has 2 aromatic carbocycles. The maximum Gasteiger partial charge on any atom is -1.00 e. The van der Waals surface area contributed by atoms with Crippen LogP contribution in [0.1, 0.15) is 125 Å². The Labute approximate surface area is 266 Å². The zero-order valence-corrected chi connectivity index (χ0v) is 31.2. The number of hydrogen-bond acceptors (Lipinski definition) is 0. The minimum Gasteiger partial charge on any atom is -1.00 e. The maximum absolute atomic E-state index is 2.68. The third kappa shape index (κ3) is 7.24. The van der Waals surface area contributed by atoms with E-state index in [1.807, 2.05) is 3.28 Å². The van der Waals surface area contributed by atoms with E-state index in [9.17, 15) is 0 Å². The number of allylic oxidation sites excluding steroid dienone is 4. The number of benzene rings is 2. The Morgan fingerprint density at radius 1 is 0.800 bits per heavy atom. The monoisotopic (exact) mass is 656 g/mol. The van der Waals surface area contributed by atoms with Gasteiger partial charge in [0, 0.05) is 0 Å². The summed E-state index contributed by atoms with van der Waals surface area (Å²) in [6, 6.07) is 12.6. The van der Waals surface area contributed by atoms with Crippen molar-refractivity contribution >= 4 is 6.48 Å². The zero-order valence-electron chi connectivity index (χ0n) is 27.2. The van der Waals surface area contributed by atoms with Gasteiger partial charge in [-0.1, -0.05) is 0 Å². The Balaban J connectivity index is 0.00000280. The summed E-state index contributed by atoms with van der Waals surface area (Å²) in [6.45, 7) is 28.6. The number of unbranched alkanes of at least 4 members (excludes halogenated alkanes) is 1. The summed E-state index contributed by atoms with van der Waals surface area (Å²) in [7, 11) is 0. The van der Waals surface area contributed by atoms with E-state index < -0.39 is 21.3 Å². The zero-order chi connectivity index (χ0) is 28.2. The summed E-state index contributed by atoms with van der Waals surface area (Å²) in [5.41, 5.74) is 11.2. The van der Waals surface area contributed by atoms with Crippen LogP contribution < -0.4 is 28.1 Å². The molecule has 2 aliphatic rings. The van der Waals surface area contributed by atoms with E-state index in [0.29, 0.717) is 5.92 Å². The van der Waals surface area contributed by atoms with Gasteiger partial charge in [0.2, 0.25) is 0 Å². The van der Waals surface area contributed by atoms with Gasteiger partial charge in [-0.05, 0) is 0 Å². The fourth-order valence-electron chi connectivity index (χ4n) is 6.13. The smallest absolute Gasteiger partial charge is 1.00 e. The fourth-order valence-corrected chi connectivity index (χ4v) is 13.9. The van der Waals surface area contributed by atoms with E-state index in [1.165, 1.54) is 47.1 Å². The largest absolute Gasteiger partial charge is 1.00 e. The van der Waals surface area contributed by atoms with Crippen molar-refractivity contribution in [2.45, 2.75) is 120 Å². The first-order valence-electron chi connectivity index (χ1n) is 15.0. The molecule has 0 N–H and O–H groups in total. The molecule has 0 aliphatic heterocycles. The summed E-state index contributed by atoms with van der Waals surface area (Å²) in [4.78, 5) is 0. The first kappa shape index (κ1) is 35.4. The van der Waals surface area contributed by atoms with E-state index in [-0.39, 0.29) is 41.1 Å². The Hall–Kier alpha value is -0.747. The summed E-state index contributed by atoms with van der Waals surface area (Å²) >= 11 is -2.31. The van der Waals surface area contributed by atoms with Gasteiger partial charge in [0.1, 0.15) is 0 Å². The Kier molecular flexibility index (Phi) is 11.4. The molecule has 0 amide bonds. The van der Waals surface area contributed by atoms with E-state index in [1.54, 1.807) is 17.6 Å². The molecule has 0 spiro atoms. The molecule has 0 fully saturated rings. The molecule has 218 valence electrons. The van der Waals surface area contributed by atoms with Crippen molar-refractivity contribution < 1.29 is 46.1 Å². The standard InChI is InChI=1S/C21H25.C13H21.C3H6.2ClH.Zr/c1-20(2,3)16-9-7-14-11-15-8-10-17(21(4,5)6)13-19(15)18(14)12-16;1-5-6-7-11-8-9-12(10-11)13(2,3)4;1-3-2;;;/h7,9-10,12-13H,11H2,1-6H3;9-11H,5-7H2,1-4H3;1-2H3;2*1H;/q;;;;;+2/p-2. The molecule has 0 nitrogen and oxygen atoms in total. The van der Waals surface area contributed by atoms with E-state index in [4.69, 9.17) is 0 Å². The van der Waals surface area contributed by atoms with Crippen molar-refractivity contribution in [2.75, 3.05) is 0 Å². The van der Waals surface area contributed by atoms with Crippen molar-refractivity contribution in [3.05, 3.63) is 73.6 Å². The molecular weight excluding hydrogens is 607 g/mol. The normalized spacial score (nSPS) is 16.1. The van der Waals surface area contributed by atoms with Gasteiger partial charge in [0.25, 0.3) is 0 Å². The van der Waals surface area contributed by atoms with Crippen molar-refractivity contribution in [3.8, 4) is 11.1 Å². The molecule has 1 atom stereocenters. The average Bonchev–Trinajstić information content (AvgIpc) is 3.37. The second-order valence-electron chi connectivity index (χ2n) is 15.2. The first-order chi connectivity index (χ1) is 17.5. The second-order valence-corrected chi connectivity index (χ2v) is 22.2. The van der Waals surface area contributed by atoms with Gasteiger partial charge in [-0.15, -0.1) is 0 Å². The SMILES string of the molecule is CCCCC1C=C(C(C)(C)C)C=[C]1[Zr+2](=[C](C)C)[c]1cc(C(C)(C)C)cc2c1Cc1ccc(C(C)(C)C)cc1-2.[Cl-].[Cl-]. The molecule has 3 heteroatoms. The maximum atomic E-state index is 2.68. The van der Waals surface area contributed by atoms with Crippen LogP contribution in [0.3, 0.4) is 0 Å². The fraction of sp³-hybridized carbons (Fsp3) is 0.541. The van der Waals surface area contributed by atoms with E-state index >= 15 is 0 Å². The molecule has 0 aromatic heterocycles. The van der Waals surface area contributed by atoms with Gasteiger partial charge in [0.15, 0.2) is 0 Å². The molecule has 40 heavy (non-hydrogen) atoms. The Morgan fingerprint density at radius 3 is 1.93 bits per heavy atom. The molecule has 0 saturated carbocycles. The predicted molar refractivity (Wildman–Crippen MR) is 167 cm³/mol. The quantitative estimate of drug-likeness (QED) is 0.389. The van der Waals surface area contributed by atoms with Gasteiger partial charge in [0.05, 0.1) is 0 Å². The van der Waals surface area contributed by atoms with Crippen LogP contribution in [0.2, 0.25) is 0 Å². The van der Waals surface area contributed by atoms with Gasteiger partial charge < -0.3 is 24.8 Å². The molecule has 0 saturated heterocycles. The van der Waals surface area contributed by atoms with Crippen LogP contribution in [-0.4, -0.2) is 3.21 Å². The number of halogens is 2. The van der Waals surface area contributed by atoms with Crippen LogP contribution in [0.5, 0.6) is 0 Å². The molecule has 1 unspecified atom stereocenters. The number of rotatable bonds is 5. The van der Waals surface area contributed by atoms with Crippen LogP contribution in [0.25, 0.3) is 11.1 Å². The summed E-state index contributed by atoms with van der Waals surface area (Å²) in [5.74, 6) is 0.624. The van der Waals surface area contributed by atoms with Crippen molar-refractivity contribution in [2.24, 2.45) is 11.3 Å². The van der Waals surface area contributed by atoms with Crippen LogP contribution in [0.15, 0.2) is 51.3 Å². The summed E-state index contributed by atoms with van der Waals surface area (Å²) in [6.07, 6.45) is 10.3. The third-order valence-corrected chi connectivity index (χ3v) is 16.2. The Bertz CT molecular complexity index is 1330. The topological polar surface area (TPSA) is 0 Å². The molecule has 0 bridgehead atoms. The van der Waals surface area contributed by atoms with Crippen LogP contribution in [0.4, 0.5) is 0 Å². The van der Waals surface area contributed by atoms with Crippen molar-refractivity contribution in [1.29, 1.82) is 0 Å². The molecule has 0 heterocycles. The van der Waals surface area contributed by atoms with E-state index in [0.717, 1.165) is 6.42 Å². The van der Waals surface area contributed by atoms with Gasteiger partial charge in [-0.25, -0.2) is 0 Å². The van der Waals surface area contributed by atoms with Crippen LogP contribution >= 0.6 is 0 Å². The predicted octanol–water partition coefficient (Wildman–Crippen LogP) is 3.99. The van der Waals surface area contributed by atoms with Gasteiger partial charge >= 0.3 is 243 Å². The minimum absolute atomic E-state index is 0. The van der Waals surface area contributed by atoms with Gasteiger partial charge in [-0.2, -0.15) is 0 Å². The molecule has 0 radical (unpaired) electrons. The molecule has 2 aliphatic carbocycles. The summed E-state index contributed by atoms with van der Waals surface area (Å²) in [5, 5.41) is 0. The molecular formula is C37H52Cl2Zr. The summed E-state index contributed by atoms with van der Waals surface area (Å²) < 4.78 is 5.29. The first-order valence-corrected chi connectivity index (χ1v) is 18.6. The Morgan fingerprint density at radius 2 is 1.40 bits per heavy atom. The van der Waals surface area contributed by atoms with Crippen LogP contribution in [-0.2, 0) is 38.5 Å². The van der Waals surface area contributed by atoms with Crippen LogP contribution in [0, 0.1) is 11.3 Å². The third-order valence-electron chi connectivity index (χ3n) is 8.63. The van der Waals surface area contributed by atoms with E-state index in [2.05, 4.69) is 126 Å². The molecule has 4 rings (SSSR count). The average molecular weight is 659 g/mol. The second kappa shape index (κ2) is 12.9. The van der Waals surface area contributed by atoms with Gasteiger partial charge in [-0.3, -0.25) is 0 Å². The minimum atomic E-state index is -2.31. The molecule has 2 aromatic rings. The van der Waals surface area contributed by atoms with Crippen molar-refractivity contribution in [1.82, 2.24) is 0 Å².